The van der Waals surface area contributed by atoms with Crippen LogP contribution in [0.15, 0.2) is 60.9 Å². The monoisotopic (exact) mass is 338 g/mol. The molecule has 25 heavy (non-hydrogen) atoms. The van der Waals surface area contributed by atoms with Gasteiger partial charge in [-0.3, -0.25) is 0 Å². The first-order valence-electron chi connectivity index (χ1n) is 7.94. The zero-order valence-corrected chi connectivity index (χ0v) is 13.9. The number of methoxy groups -OCH3 is 1. The van der Waals surface area contributed by atoms with Crippen LogP contribution >= 0.6 is 0 Å². The highest BCUT2D eigenvalue weighted by molar-refractivity contribution is 5.58. The summed E-state index contributed by atoms with van der Waals surface area (Å²) in [6.45, 7) is 0.739. The topological polar surface area (TPSA) is 59.1 Å². The molecule has 0 atom stereocenters. The molecule has 0 saturated carbocycles. The molecule has 0 radical (unpaired) electrons. The summed E-state index contributed by atoms with van der Waals surface area (Å²) in [6, 6.07) is 16.0. The third kappa shape index (κ3) is 4.91. The lowest BCUT2D eigenvalue weighted by atomic mass is 10.1. The molecular formula is C19H19FN4O. The Balaban J connectivity index is 1.56. The molecule has 2 aromatic carbocycles. The van der Waals surface area contributed by atoms with Gasteiger partial charge in [-0.1, -0.05) is 18.2 Å². The van der Waals surface area contributed by atoms with Gasteiger partial charge < -0.3 is 15.4 Å². The van der Waals surface area contributed by atoms with E-state index in [1.807, 2.05) is 24.3 Å². The van der Waals surface area contributed by atoms with Crippen molar-refractivity contribution in [2.75, 3.05) is 24.3 Å². The van der Waals surface area contributed by atoms with E-state index in [1.165, 1.54) is 24.0 Å². The van der Waals surface area contributed by atoms with Crippen molar-refractivity contribution in [3.05, 3.63) is 72.3 Å². The Morgan fingerprint density at radius 1 is 1.00 bits per heavy atom. The number of halogens is 1. The van der Waals surface area contributed by atoms with Crippen molar-refractivity contribution in [3.8, 4) is 5.75 Å². The first-order chi connectivity index (χ1) is 12.2. The number of hydrogen-bond acceptors (Lipinski definition) is 5. The molecule has 0 fully saturated rings. The fourth-order valence-corrected chi connectivity index (χ4v) is 2.36. The van der Waals surface area contributed by atoms with Gasteiger partial charge in [-0.25, -0.2) is 14.4 Å². The fraction of sp³-hybridized carbons (Fsp3) is 0.158. The van der Waals surface area contributed by atoms with Crippen LogP contribution in [0.2, 0.25) is 0 Å². The Hall–Kier alpha value is -3.15. The van der Waals surface area contributed by atoms with Gasteiger partial charge in [0, 0.05) is 18.3 Å². The Labute approximate surface area is 145 Å². The summed E-state index contributed by atoms with van der Waals surface area (Å²) in [7, 11) is 1.65. The lowest BCUT2D eigenvalue weighted by molar-refractivity contribution is 0.414. The summed E-state index contributed by atoms with van der Waals surface area (Å²) in [5, 5.41) is 6.32. The lowest BCUT2D eigenvalue weighted by Gasteiger charge is -2.09. The van der Waals surface area contributed by atoms with Crippen LogP contribution in [0.4, 0.5) is 21.7 Å². The van der Waals surface area contributed by atoms with E-state index in [0.29, 0.717) is 17.3 Å². The van der Waals surface area contributed by atoms with Crippen LogP contribution in [0.3, 0.4) is 0 Å². The van der Waals surface area contributed by atoms with Gasteiger partial charge >= 0.3 is 0 Å². The maximum absolute atomic E-state index is 13.2. The van der Waals surface area contributed by atoms with Crippen LogP contribution in [0.25, 0.3) is 0 Å². The largest absolute Gasteiger partial charge is 0.497 e. The maximum Gasteiger partial charge on any atom is 0.135 e. The van der Waals surface area contributed by atoms with E-state index >= 15 is 0 Å². The van der Waals surface area contributed by atoms with E-state index < -0.39 is 0 Å². The summed E-state index contributed by atoms with van der Waals surface area (Å²) >= 11 is 0. The van der Waals surface area contributed by atoms with Gasteiger partial charge in [-0.15, -0.1) is 0 Å². The first-order valence-corrected chi connectivity index (χ1v) is 7.94. The molecule has 0 aliphatic heterocycles. The average molecular weight is 338 g/mol. The predicted molar refractivity (Wildman–Crippen MR) is 96.9 cm³/mol. The summed E-state index contributed by atoms with van der Waals surface area (Å²) in [5.41, 5.74) is 1.85. The Morgan fingerprint density at radius 3 is 2.56 bits per heavy atom. The van der Waals surface area contributed by atoms with Crippen molar-refractivity contribution in [1.82, 2.24) is 9.97 Å². The standard InChI is InChI=1S/C19H19FN4O/c1-25-17-7-5-14(6-8-17)9-10-21-18-12-19(23-13-22-18)24-16-4-2-3-15(20)11-16/h2-8,11-13H,9-10H2,1H3,(H2,21,22,23,24). The molecule has 5 nitrogen and oxygen atoms in total. The third-order valence-electron chi connectivity index (χ3n) is 3.64. The van der Waals surface area contributed by atoms with E-state index in [-0.39, 0.29) is 5.82 Å². The SMILES string of the molecule is COc1ccc(CCNc2cc(Nc3cccc(F)c3)ncn2)cc1. The van der Waals surface area contributed by atoms with Gasteiger partial charge in [-0.2, -0.15) is 0 Å². The molecule has 2 N–H and O–H groups in total. The number of aromatic nitrogens is 2. The van der Waals surface area contributed by atoms with Crippen molar-refractivity contribution in [3.63, 3.8) is 0 Å². The molecule has 0 bridgehead atoms. The zero-order valence-electron chi connectivity index (χ0n) is 13.9. The molecular weight excluding hydrogens is 319 g/mol. The number of hydrogen-bond donors (Lipinski definition) is 2. The number of nitrogens with one attached hydrogen (secondary N) is 2. The van der Waals surface area contributed by atoms with Crippen molar-refractivity contribution >= 4 is 17.3 Å². The van der Waals surface area contributed by atoms with E-state index in [9.17, 15) is 4.39 Å². The van der Waals surface area contributed by atoms with E-state index in [0.717, 1.165) is 18.7 Å². The predicted octanol–water partition coefficient (Wildman–Crippen LogP) is 4.02. The van der Waals surface area contributed by atoms with Crippen LogP contribution in [0, 0.1) is 5.82 Å². The molecule has 1 heterocycles. The van der Waals surface area contributed by atoms with Gasteiger partial charge in [0.05, 0.1) is 7.11 Å². The molecule has 0 unspecified atom stereocenters. The molecule has 1 aromatic heterocycles. The summed E-state index contributed by atoms with van der Waals surface area (Å²) in [4.78, 5) is 8.35. The average Bonchev–Trinajstić information content (AvgIpc) is 2.63. The Bertz CT molecular complexity index is 824. The smallest absolute Gasteiger partial charge is 0.135 e. The van der Waals surface area contributed by atoms with E-state index in [2.05, 4.69) is 20.6 Å². The van der Waals surface area contributed by atoms with Gasteiger partial charge in [0.2, 0.25) is 0 Å². The lowest BCUT2D eigenvalue weighted by Crippen LogP contribution is -2.07. The molecule has 0 saturated heterocycles. The fourth-order valence-electron chi connectivity index (χ4n) is 2.36. The molecule has 3 rings (SSSR count). The molecule has 128 valence electrons. The number of nitrogens with zero attached hydrogens (tertiary/aromatic N) is 2. The van der Waals surface area contributed by atoms with Crippen molar-refractivity contribution in [2.24, 2.45) is 0 Å². The van der Waals surface area contributed by atoms with Crippen LogP contribution in [0.5, 0.6) is 5.75 Å². The number of anilines is 3. The Morgan fingerprint density at radius 2 is 1.80 bits per heavy atom. The molecule has 0 aliphatic rings. The van der Waals surface area contributed by atoms with Crippen molar-refractivity contribution in [1.29, 1.82) is 0 Å². The second kappa shape index (κ2) is 8.10. The van der Waals surface area contributed by atoms with Crippen molar-refractivity contribution in [2.45, 2.75) is 6.42 Å². The third-order valence-corrected chi connectivity index (χ3v) is 3.64. The molecule has 0 amide bonds. The number of benzene rings is 2. The minimum atomic E-state index is -0.295. The minimum Gasteiger partial charge on any atom is -0.497 e. The van der Waals surface area contributed by atoms with Gasteiger partial charge in [0.15, 0.2) is 0 Å². The highest BCUT2D eigenvalue weighted by atomic mass is 19.1. The van der Waals surface area contributed by atoms with Gasteiger partial charge in [0.25, 0.3) is 0 Å². The molecule has 6 heteroatoms. The zero-order chi connectivity index (χ0) is 17.5. The summed E-state index contributed by atoms with van der Waals surface area (Å²) < 4.78 is 18.4. The molecule has 3 aromatic rings. The molecule has 0 spiro atoms. The molecule has 0 aliphatic carbocycles. The van der Waals surface area contributed by atoms with Crippen molar-refractivity contribution < 1.29 is 9.13 Å². The normalized spacial score (nSPS) is 10.3. The van der Waals surface area contributed by atoms with Gasteiger partial charge in [-0.05, 0) is 42.3 Å². The quantitative estimate of drug-likeness (QED) is 0.681. The minimum absolute atomic E-state index is 0.295. The van der Waals surface area contributed by atoms with Crippen LogP contribution in [0.1, 0.15) is 5.56 Å². The number of ether oxygens (including phenoxy) is 1. The summed E-state index contributed by atoms with van der Waals surface area (Å²) in [6.07, 6.45) is 2.33. The number of rotatable bonds is 7. The van der Waals surface area contributed by atoms with Crippen LogP contribution < -0.4 is 15.4 Å². The Kier molecular flexibility index (Phi) is 5.41. The van der Waals surface area contributed by atoms with Crippen LogP contribution in [-0.4, -0.2) is 23.6 Å². The second-order valence-electron chi connectivity index (χ2n) is 5.45. The van der Waals surface area contributed by atoms with Crippen LogP contribution in [-0.2, 0) is 6.42 Å². The first kappa shape index (κ1) is 16.7. The highest BCUT2D eigenvalue weighted by Crippen LogP contribution is 2.17. The van der Waals surface area contributed by atoms with Gasteiger partial charge in [0.1, 0.15) is 29.5 Å². The second-order valence-corrected chi connectivity index (χ2v) is 5.45. The van der Waals surface area contributed by atoms with E-state index in [1.54, 1.807) is 25.3 Å². The highest BCUT2D eigenvalue weighted by Gasteiger charge is 2.01. The summed E-state index contributed by atoms with van der Waals surface area (Å²) in [5.74, 6) is 1.87. The maximum atomic E-state index is 13.2. The van der Waals surface area contributed by atoms with E-state index in [4.69, 9.17) is 4.74 Å².